The summed E-state index contributed by atoms with van der Waals surface area (Å²) in [7, 11) is 1.34. The van der Waals surface area contributed by atoms with E-state index in [2.05, 4.69) is 42.7 Å². The van der Waals surface area contributed by atoms with Crippen molar-refractivity contribution >= 4 is 34.3 Å². The van der Waals surface area contributed by atoms with Gasteiger partial charge in [-0.25, -0.2) is 0 Å². The monoisotopic (exact) mass is 782 g/mol. The number of fused-ring (bicyclic) bond motifs is 2. The molecule has 4 aliphatic heterocycles. The lowest BCUT2D eigenvalue weighted by Crippen LogP contribution is -2.61. The number of Topliss-reactive ketones (excluding diaryl/α,β-unsaturated/α-hetero) is 1. The van der Waals surface area contributed by atoms with Gasteiger partial charge in [-0.3, -0.25) is 9.59 Å². The Bertz CT molecular complexity index is 1260. The Labute approximate surface area is 297 Å². The van der Waals surface area contributed by atoms with Crippen LogP contribution in [0.2, 0.25) is 0 Å². The molecule has 0 aromatic heterocycles. The first-order valence-corrected chi connectivity index (χ1v) is 18.3. The number of esters is 1. The third-order valence-electron chi connectivity index (χ3n) is 10.1. The third-order valence-corrected chi connectivity index (χ3v) is 11.2. The maximum Gasteiger partial charge on any atom is 0.308 e. The number of ketones is 1. The summed E-state index contributed by atoms with van der Waals surface area (Å²) in [5.74, 6) is -0.0896. The van der Waals surface area contributed by atoms with Gasteiger partial charge in [-0.1, -0.05) is 50.4 Å². The van der Waals surface area contributed by atoms with Crippen LogP contribution in [-0.4, -0.2) is 96.2 Å². The van der Waals surface area contributed by atoms with Crippen LogP contribution in [0.1, 0.15) is 76.7 Å². The number of hydrogen-bond donors (Lipinski definition) is 2. The van der Waals surface area contributed by atoms with E-state index in [4.69, 9.17) is 28.4 Å². The van der Waals surface area contributed by atoms with Crippen molar-refractivity contribution in [2.24, 2.45) is 5.92 Å². The van der Waals surface area contributed by atoms with Gasteiger partial charge >= 0.3 is 5.97 Å². The molecule has 11 heteroatoms. The van der Waals surface area contributed by atoms with Crippen LogP contribution in [0, 0.1) is 5.92 Å². The van der Waals surface area contributed by atoms with E-state index >= 15 is 0 Å². The normalized spacial score (nSPS) is 34.2. The molecule has 0 saturated carbocycles. The molecule has 1 aromatic rings. The lowest BCUT2D eigenvalue weighted by molar-refractivity contribution is -0.261. The predicted octanol–water partition coefficient (Wildman–Crippen LogP) is 5.15. The number of benzene rings is 1. The fraction of sp³-hybridized carbons (Fsp3) is 0.676. The SMILES string of the molecule is C=C(I)[C@H](C)C[C@H](O)CC[C@@H]1O[C@@H](CCC(=O)C[C@H]2O[C@H]3[C@@H](O)[C@H]4O[C@@H](CC(=O)OC)CC[C@@H]4O[C@H]3[C@H]2OCc2ccccc2)CC1=C. The molecule has 1 aromatic carbocycles. The van der Waals surface area contributed by atoms with Gasteiger partial charge in [0.15, 0.2) is 0 Å². The number of methoxy groups -OCH3 is 1. The number of halogens is 1. The molecule has 0 bridgehead atoms. The number of aliphatic hydroxyl groups is 2. The van der Waals surface area contributed by atoms with Gasteiger partial charge in [0.25, 0.3) is 0 Å². The molecule has 4 heterocycles. The van der Waals surface area contributed by atoms with E-state index in [9.17, 15) is 19.8 Å². The summed E-state index contributed by atoms with van der Waals surface area (Å²) in [6.45, 7) is 10.6. The Morgan fingerprint density at radius 1 is 1.02 bits per heavy atom. The van der Waals surface area contributed by atoms with E-state index in [0.29, 0.717) is 58.0 Å². The van der Waals surface area contributed by atoms with Crippen molar-refractivity contribution in [3.8, 4) is 0 Å². The first-order valence-electron chi connectivity index (χ1n) is 17.3. The Kier molecular flexibility index (Phi) is 13.7. The van der Waals surface area contributed by atoms with E-state index in [1.165, 1.54) is 7.11 Å². The molecule has 0 aliphatic carbocycles. The molecule has 10 nitrogen and oxygen atoms in total. The molecular weight excluding hydrogens is 731 g/mol. The first-order chi connectivity index (χ1) is 23.0. The third kappa shape index (κ3) is 9.74. The number of ether oxygens (including phenoxy) is 6. The van der Waals surface area contributed by atoms with Crippen molar-refractivity contribution in [1.29, 1.82) is 0 Å². The van der Waals surface area contributed by atoms with E-state index in [1.807, 2.05) is 30.3 Å². The Morgan fingerprint density at radius 3 is 2.52 bits per heavy atom. The number of hydrogen-bond acceptors (Lipinski definition) is 10. The quantitative estimate of drug-likeness (QED) is 0.132. The molecule has 5 rings (SSSR count). The summed E-state index contributed by atoms with van der Waals surface area (Å²) < 4.78 is 37.5. The fourth-order valence-corrected chi connectivity index (χ4v) is 7.61. The lowest BCUT2D eigenvalue weighted by Gasteiger charge is -2.46. The van der Waals surface area contributed by atoms with E-state index in [1.54, 1.807) is 0 Å². The van der Waals surface area contributed by atoms with Crippen molar-refractivity contribution in [3.63, 3.8) is 0 Å². The molecule has 4 aliphatic rings. The van der Waals surface area contributed by atoms with E-state index < -0.39 is 42.7 Å². The minimum absolute atomic E-state index is 0.0226. The highest BCUT2D eigenvalue weighted by molar-refractivity contribution is 14.1. The summed E-state index contributed by atoms with van der Waals surface area (Å²) >= 11 is 2.21. The molecule has 48 heavy (non-hydrogen) atoms. The van der Waals surface area contributed by atoms with Crippen molar-refractivity contribution in [1.82, 2.24) is 0 Å². The highest BCUT2D eigenvalue weighted by Gasteiger charge is 2.58. The van der Waals surface area contributed by atoms with Crippen molar-refractivity contribution < 1.29 is 48.2 Å². The lowest BCUT2D eigenvalue weighted by atomic mass is 9.87. The number of allylic oxidation sites excluding steroid dienone is 1. The predicted molar refractivity (Wildman–Crippen MR) is 186 cm³/mol. The second-order valence-electron chi connectivity index (χ2n) is 13.8. The number of carbonyl (C=O) groups is 2. The summed E-state index contributed by atoms with van der Waals surface area (Å²) in [5, 5.41) is 21.9. The molecule has 0 unspecified atom stereocenters. The van der Waals surface area contributed by atoms with Crippen molar-refractivity contribution in [2.45, 2.75) is 145 Å². The van der Waals surface area contributed by atoms with Crippen LogP contribution in [0.4, 0.5) is 0 Å². The first kappa shape index (κ1) is 37.5. The molecule has 4 fully saturated rings. The fourth-order valence-electron chi connectivity index (χ4n) is 7.35. The second kappa shape index (κ2) is 17.5. The topological polar surface area (TPSA) is 130 Å². The zero-order chi connectivity index (χ0) is 34.4. The smallest absolute Gasteiger partial charge is 0.308 e. The summed E-state index contributed by atoms with van der Waals surface area (Å²) in [5.41, 5.74) is 1.99. The van der Waals surface area contributed by atoms with Gasteiger partial charge in [0.05, 0.1) is 56.8 Å². The molecule has 0 amide bonds. The summed E-state index contributed by atoms with van der Waals surface area (Å²) in [4.78, 5) is 25.3. The maximum atomic E-state index is 13.4. The van der Waals surface area contributed by atoms with Crippen LogP contribution in [0.15, 0.2) is 52.6 Å². The Balaban J connectivity index is 1.16. The van der Waals surface area contributed by atoms with Crippen LogP contribution in [0.5, 0.6) is 0 Å². The highest BCUT2D eigenvalue weighted by atomic mass is 127. The summed E-state index contributed by atoms with van der Waals surface area (Å²) in [6, 6.07) is 9.78. The van der Waals surface area contributed by atoms with Gasteiger partial charge in [0, 0.05) is 12.8 Å². The van der Waals surface area contributed by atoms with Crippen LogP contribution in [0.3, 0.4) is 0 Å². The molecule has 2 N–H and O–H groups in total. The van der Waals surface area contributed by atoms with Crippen molar-refractivity contribution in [2.75, 3.05) is 7.11 Å². The van der Waals surface area contributed by atoms with Gasteiger partial charge in [-0.05, 0) is 88.2 Å². The number of aliphatic hydroxyl groups excluding tert-OH is 2. The minimum Gasteiger partial charge on any atom is -0.469 e. The second-order valence-corrected chi connectivity index (χ2v) is 15.2. The van der Waals surface area contributed by atoms with Crippen LogP contribution >= 0.6 is 22.6 Å². The number of carbonyl (C=O) groups excluding carboxylic acids is 2. The largest absolute Gasteiger partial charge is 0.469 e. The molecule has 4 saturated heterocycles. The molecule has 266 valence electrons. The average Bonchev–Trinajstić information content (AvgIpc) is 3.60. The highest BCUT2D eigenvalue weighted by Crippen LogP contribution is 2.41. The summed E-state index contributed by atoms with van der Waals surface area (Å²) in [6.07, 6.45) is -0.523. The molecule has 0 spiro atoms. The standard InChI is InChI=1S/C37H51IO10/c1-21(23(3)38)16-25(39)11-14-29-22(2)17-27(45-29)12-10-26(40)18-31-35(44-20-24-8-6-5-7-9-24)37-36(48-31)33(42)34-30(47-37)15-13-28(46-34)19-32(41)43-4/h5-9,21,25,27-31,33-37,39,42H,2-3,10-20H2,1,4H3/t21-,25-,27+,28-,29+,30+,31-,33+,34+,35+,36+,37+/m1/s1. The molecule has 12 atom stereocenters. The zero-order valence-electron chi connectivity index (χ0n) is 28.0. The van der Waals surface area contributed by atoms with Gasteiger partial charge in [-0.15, -0.1) is 0 Å². The van der Waals surface area contributed by atoms with E-state index in [0.717, 1.165) is 14.7 Å². The van der Waals surface area contributed by atoms with Crippen LogP contribution in [-0.2, 0) is 44.6 Å². The van der Waals surface area contributed by atoms with Crippen LogP contribution < -0.4 is 0 Å². The van der Waals surface area contributed by atoms with E-state index in [-0.39, 0.29) is 54.9 Å². The van der Waals surface area contributed by atoms with Gasteiger partial charge in [0.1, 0.15) is 36.3 Å². The van der Waals surface area contributed by atoms with Crippen molar-refractivity contribution in [3.05, 3.63) is 58.2 Å². The zero-order valence-corrected chi connectivity index (χ0v) is 30.2. The number of rotatable bonds is 16. The molecular formula is C37H51IO10. The van der Waals surface area contributed by atoms with Gasteiger partial charge in [-0.2, -0.15) is 0 Å². The van der Waals surface area contributed by atoms with Gasteiger partial charge in [0.2, 0.25) is 0 Å². The Morgan fingerprint density at radius 2 is 1.79 bits per heavy atom. The molecule has 0 radical (unpaired) electrons. The minimum atomic E-state index is -1.01. The maximum absolute atomic E-state index is 13.4. The van der Waals surface area contributed by atoms with Gasteiger partial charge < -0.3 is 38.6 Å². The average molecular weight is 783 g/mol. The van der Waals surface area contributed by atoms with Crippen LogP contribution in [0.25, 0.3) is 0 Å². The Hall–Kier alpha value is -1.71.